The molecule has 104 valence electrons. The molecule has 2 heterocycles. The average Bonchev–Trinajstić information content (AvgIpc) is 2.92. The standard InChI is InChI=1S/C14H20N2O3/c1-15-5-4-12-9-17-7-6-16(12)11-2-3-13-14(8-11)19-10-18-13/h2-3,8,12,15H,4-7,9-10H2,1H3. The molecule has 0 aliphatic carbocycles. The molecule has 0 amide bonds. The zero-order valence-electron chi connectivity index (χ0n) is 11.2. The molecule has 0 bridgehead atoms. The third kappa shape index (κ3) is 2.62. The number of hydrogen-bond donors (Lipinski definition) is 1. The molecule has 5 heteroatoms. The summed E-state index contributed by atoms with van der Waals surface area (Å²) in [6.45, 7) is 3.81. The number of morpholine rings is 1. The van der Waals surface area contributed by atoms with Gasteiger partial charge in [0.2, 0.25) is 6.79 Å². The van der Waals surface area contributed by atoms with E-state index in [4.69, 9.17) is 14.2 Å². The number of anilines is 1. The van der Waals surface area contributed by atoms with Gasteiger partial charge in [-0.3, -0.25) is 0 Å². The van der Waals surface area contributed by atoms with Crippen LogP contribution in [0.4, 0.5) is 5.69 Å². The molecule has 1 atom stereocenters. The lowest BCUT2D eigenvalue weighted by atomic mass is 10.1. The van der Waals surface area contributed by atoms with Gasteiger partial charge >= 0.3 is 0 Å². The number of nitrogens with zero attached hydrogens (tertiary/aromatic N) is 1. The highest BCUT2D eigenvalue weighted by atomic mass is 16.7. The zero-order chi connectivity index (χ0) is 13.1. The van der Waals surface area contributed by atoms with Crippen LogP contribution in [0.25, 0.3) is 0 Å². The fourth-order valence-electron chi connectivity index (χ4n) is 2.61. The third-order valence-corrected chi connectivity index (χ3v) is 3.64. The second-order valence-corrected chi connectivity index (χ2v) is 4.85. The minimum Gasteiger partial charge on any atom is -0.454 e. The van der Waals surface area contributed by atoms with E-state index in [2.05, 4.69) is 22.3 Å². The molecule has 1 unspecified atom stereocenters. The maximum absolute atomic E-state index is 5.60. The summed E-state index contributed by atoms with van der Waals surface area (Å²) in [5.74, 6) is 1.68. The first-order valence-corrected chi connectivity index (χ1v) is 6.77. The van der Waals surface area contributed by atoms with Gasteiger partial charge in [-0.05, 0) is 32.1 Å². The van der Waals surface area contributed by atoms with Gasteiger partial charge in [-0.15, -0.1) is 0 Å². The summed E-state index contributed by atoms with van der Waals surface area (Å²) >= 11 is 0. The normalized spacial score (nSPS) is 21.7. The number of fused-ring (bicyclic) bond motifs is 1. The van der Waals surface area contributed by atoms with Gasteiger partial charge in [0, 0.05) is 18.3 Å². The zero-order valence-corrected chi connectivity index (χ0v) is 11.2. The van der Waals surface area contributed by atoms with E-state index in [0.717, 1.165) is 44.2 Å². The van der Waals surface area contributed by atoms with Gasteiger partial charge in [-0.1, -0.05) is 0 Å². The van der Waals surface area contributed by atoms with E-state index in [1.165, 1.54) is 5.69 Å². The van der Waals surface area contributed by atoms with Crippen molar-refractivity contribution < 1.29 is 14.2 Å². The fourth-order valence-corrected chi connectivity index (χ4v) is 2.61. The molecule has 2 aliphatic heterocycles. The van der Waals surface area contributed by atoms with Gasteiger partial charge in [0.05, 0.1) is 19.3 Å². The monoisotopic (exact) mass is 264 g/mol. The molecular weight excluding hydrogens is 244 g/mol. The number of rotatable bonds is 4. The first-order chi connectivity index (χ1) is 9.38. The molecule has 5 nitrogen and oxygen atoms in total. The lowest BCUT2D eigenvalue weighted by Crippen LogP contribution is -2.46. The van der Waals surface area contributed by atoms with Crippen LogP contribution in [-0.2, 0) is 4.74 Å². The Morgan fingerprint density at radius 1 is 1.32 bits per heavy atom. The average molecular weight is 264 g/mol. The molecule has 0 radical (unpaired) electrons. The van der Waals surface area contributed by atoms with Crippen LogP contribution in [0.15, 0.2) is 18.2 Å². The molecule has 0 saturated carbocycles. The highest BCUT2D eigenvalue weighted by Crippen LogP contribution is 2.36. The molecule has 0 aromatic heterocycles. The quantitative estimate of drug-likeness (QED) is 0.886. The SMILES string of the molecule is CNCCC1COCCN1c1ccc2c(c1)OCO2. The fraction of sp³-hybridized carbons (Fsp3) is 0.571. The van der Waals surface area contributed by atoms with Crippen molar-refractivity contribution in [3.8, 4) is 11.5 Å². The third-order valence-electron chi connectivity index (χ3n) is 3.64. The Labute approximate surface area is 113 Å². The summed E-state index contributed by atoms with van der Waals surface area (Å²) in [6, 6.07) is 6.58. The summed E-state index contributed by atoms with van der Waals surface area (Å²) in [5, 5.41) is 3.20. The minimum absolute atomic E-state index is 0.324. The summed E-state index contributed by atoms with van der Waals surface area (Å²) in [4.78, 5) is 2.41. The van der Waals surface area contributed by atoms with Crippen LogP contribution in [0.2, 0.25) is 0 Å². The molecule has 1 fully saturated rings. The van der Waals surface area contributed by atoms with Crippen molar-refractivity contribution in [2.24, 2.45) is 0 Å². The summed E-state index contributed by atoms with van der Waals surface area (Å²) in [5.41, 5.74) is 1.19. The number of hydrogen-bond acceptors (Lipinski definition) is 5. The van der Waals surface area contributed by atoms with Gasteiger partial charge in [-0.2, -0.15) is 0 Å². The van der Waals surface area contributed by atoms with Crippen LogP contribution in [0.5, 0.6) is 11.5 Å². The summed E-state index contributed by atoms with van der Waals surface area (Å²) < 4.78 is 16.4. The lowest BCUT2D eigenvalue weighted by molar-refractivity contribution is 0.0917. The first-order valence-electron chi connectivity index (χ1n) is 6.77. The second kappa shape index (κ2) is 5.67. The van der Waals surface area contributed by atoms with E-state index < -0.39 is 0 Å². The molecule has 1 saturated heterocycles. The topological polar surface area (TPSA) is 43.0 Å². The molecule has 0 spiro atoms. The Morgan fingerprint density at radius 2 is 2.21 bits per heavy atom. The molecule has 1 aromatic rings. The highest BCUT2D eigenvalue weighted by molar-refractivity contribution is 5.58. The highest BCUT2D eigenvalue weighted by Gasteiger charge is 2.24. The van der Waals surface area contributed by atoms with Crippen molar-refractivity contribution in [3.63, 3.8) is 0 Å². The summed E-state index contributed by atoms with van der Waals surface area (Å²) in [7, 11) is 1.98. The number of ether oxygens (including phenoxy) is 3. The Balaban J connectivity index is 1.78. The van der Waals surface area contributed by atoms with Crippen LogP contribution in [0, 0.1) is 0 Å². The second-order valence-electron chi connectivity index (χ2n) is 4.85. The first kappa shape index (κ1) is 12.6. The molecular formula is C14H20N2O3. The van der Waals surface area contributed by atoms with E-state index in [9.17, 15) is 0 Å². The van der Waals surface area contributed by atoms with E-state index in [1.54, 1.807) is 0 Å². The van der Waals surface area contributed by atoms with Crippen molar-refractivity contribution >= 4 is 5.69 Å². The lowest BCUT2D eigenvalue weighted by Gasteiger charge is -2.37. The van der Waals surface area contributed by atoms with Gasteiger partial charge in [-0.25, -0.2) is 0 Å². The van der Waals surface area contributed by atoms with Crippen LogP contribution < -0.4 is 19.7 Å². The largest absolute Gasteiger partial charge is 0.454 e. The Bertz CT molecular complexity index is 439. The molecule has 19 heavy (non-hydrogen) atoms. The predicted molar refractivity (Wildman–Crippen MR) is 73.1 cm³/mol. The molecule has 2 aliphatic rings. The number of nitrogens with one attached hydrogen (secondary N) is 1. The van der Waals surface area contributed by atoms with Gasteiger partial charge in [0.15, 0.2) is 11.5 Å². The minimum atomic E-state index is 0.324. The van der Waals surface area contributed by atoms with Crippen molar-refractivity contribution in [2.75, 3.05) is 45.0 Å². The van der Waals surface area contributed by atoms with E-state index in [0.29, 0.717) is 12.8 Å². The Hall–Kier alpha value is -1.46. The van der Waals surface area contributed by atoms with Gasteiger partial charge in [0.25, 0.3) is 0 Å². The van der Waals surface area contributed by atoms with Crippen LogP contribution >= 0.6 is 0 Å². The predicted octanol–water partition coefficient (Wildman–Crippen LogP) is 1.23. The smallest absolute Gasteiger partial charge is 0.231 e. The van der Waals surface area contributed by atoms with Crippen molar-refractivity contribution in [2.45, 2.75) is 12.5 Å². The van der Waals surface area contributed by atoms with E-state index in [-0.39, 0.29) is 0 Å². The van der Waals surface area contributed by atoms with Crippen LogP contribution in [0.3, 0.4) is 0 Å². The van der Waals surface area contributed by atoms with Gasteiger partial charge < -0.3 is 24.4 Å². The Morgan fingerprint density at radius 3 is 3.11 bits per heavy atom. The van der Waals surface area contributed by atoms with Crippen molar-refractivity contribution in [3.05, 3.63) is 18.2 Å². The van der Waals surface area contributed by atoms with E-state index >= 15 is 0 Å². The molecule has 1 aromatic carbocycles. The van der Waals surface area contributed by atoms with Crippen LogP contribution in [-0.4, -0.2) is 46.2 Å². The van der Waals surface area contributed by atoms with Crippen LogP contribution in [0.1, 0.15) is 6.42 Å². The van der Waals surface area contributed by atoms with Crippen molar-refractivity contribution in [1.82, 2.24) is 5.32 Å². The Kier molecular flexibility index (Phi) is 3.75. The molecule has 3 rings (SSSR count). The van der Waals surface area contributed by atoms with Crippen molar-refractivity contribution in [1.29, 1.82) is 0 Å². The van der Waals surface area contributed by atoms with Gasteiger partial charge in [0.1, 0.15) is 0 Å². The van der Waals surface area contributed by atoms with E-state index in [1.807, 2.05) is 13.1 Å². The summed E-state index contributed by atoms with van der Waals surface area (Å²) in [6.07, 6.45) is 1.07. The maximum Gasteiger partial charge on any atom is 0.231 e. The molecule has 1 N–H and O–H groups in total. The number of benzene rings is 1. The maximum atomic E-state index is 5.60.